The van der Waals surface area contributed by atoms with E-state index in [-0.39, 0.29) is 52.6 Å². The fraction of sp³-hybridized carbons (Fsp3) is 0.280. The lowest BCUT2D eigenvalue weighted by Gasteiger charge is -2.26. The van der Waals surface area contributed by atoms with Gasteiger partial charge in [0.25, 0.3) is 23.6 Å². The van der Waals surface area contributed by atoms with E-state index >= 15 is 0 Å². The van der Waals surface area contributed by atoms with Crippen molar-refractivity contribution in [1.29, 1.82) is 0 Å². The Kier molecular flexibility index (Phi) is 18.5. The number of unbranched alkanes of at least 4 members (excludes halogenated alkanes) is 1. The molecule has 8 heterocycles. The molecule has 9 rings (SSSR count). The molecule has 0 saturated carbocycles. The van der Waals surface area contributed by atoms with E-state index in [1.54, 1.807) is 70.9 Å². The lowest BCUT2D eigenvalue weighted by Crippen LogP contribution is -2.41. The minimum absolute atomic E-state index is 0.00517. The second-order valence-corrected chi connectivity index (χ2v) is 23.1. The summed E-state index contributed by atoms with van der Waals surface area (Å²) in [4.78, 5) is 129. The molecule has 0 aliphatic carbocycles. The van der Waals surface area contributed by atoms with Crippen LogP contribution in [0.5, 0.6) is 0 Å². The van der Waals surface area contributed by atoms with Crippen LogP contribution in [0.4, 0.5) is 10.9 Å². The van der Waals surface area contributed by atoms with Crippen molar-refractivity contribution in [3.63, 3.8) is 0 Å². The highest BCUT2D eigenvalue weighted by atomic mass is 32.1. The number of pyridine rings is 1. The molecule has 0 unspecified atom stereocenters. The number of esters is 1. The topological polar surface area (TPSA) is 339 Å². The molecule has 6 amide bonds. The van der Waals surface area contributed by atoms with Crippen molar-refractivity contribution < 1.29 is 43.0 Å². The number of hydrogen-bond donors (Lipinski definition) is 6. The fourth-order valence-electron chi connectivity index (χ4n) is 7.95. The summed E-state index contributed by atoms with van der Waals surface area (Å²) in [6, 6.07) is 10.2. The van der Waals surface area contributed by atoms with Gasteiger partial charge >= 0.3 is 5.97 Å². The minimum atomic E-state index is -1.08. The first kappa shape index (κ1) is 56.9. The fourth-order valence-corrected chi connectivity index (χ4v) is 13.1. The van der Waals surface area contributed by atoms with Crippen LogP contribution in [0, 0.1) is 6.92 Å². The molecular weight excluding hydrogens is 1150 g/mol. The lowest BCUT2D eigenvalue weighted by molar-refractivity contribution is -0.149. The number of thiazole rings is 6. The first-order valence-electron chi connectivity index (χ1n) is 24.2. The average molecular weight is 1190 g/mol. The molecular formula is C50H47N15O9S6. The Morgan fingerprint density at radius 2 is 1.51 bits per heavy atom. The number of azo groups is 1. The monoisotopic (exact) mass is 1190 g/mol. The van der Waals surface area contributed by atoms with Crippen molar-refractivity contribution in [2.75, 3.05) is 37.9 Å². The highest BCUT2D eigenvalue weighted by Gasteiger charge is 2.34. The van der Waals surface area contributed by atoms with E-state index in [2.05, 4.69) is 51.8 Å². The Hall–Kier alpha value is -7.84. The second kappa shape index (κ2) is 26.0. The predicted octanol–water partition coefficient (Wildman–Crippen LogP) is 7.94. The SMILES string of the molecule is CN=NC(=O)C[C@@H]1NC(=O)c2csc(n2)-c2ccc(-c3nc(NC(=O)CCCCN)cs3)nc2-c2csc(n2)-c2csc(n2)[C@H]([C@@H](OC(C)=O)c2ccccc2)NC(=O)CNC(=O)c2nc(sc2COC)NC(=O)c2nc1sc2C. The molecule has 7 N–H and O–H groups in total. The smallest absolute Gasteiger partial charge is 0.303 e. The number of ether oxygens (including phenoxy) is 2. The Morgan fingerprint density at radius 3 is 2.29 bits per heavy atom. The van der Waals surface area contributed by atoms with Crippen LogP contribution < -0.4 is 32.3 Å². The van der Waals surface area contributed by atoms with Gasteiger partial charge in [-0.25, -0.2) is 34.9 Å². The quantitative estimate of drug-likeness (QED) is 0.0362. The van der Waals surface area contributed by atoms with Gasteiger partial charge in [-0.15, -0.1) is 61.8 Å². The zero-order valence-electron chi connectivity index (χ0n) is 42.8. The van der Waals surface area contributed by atoms with Crippen LogP contribution in [0.3, 0.4) is 0 Å². The lowest BCUT2D eigenvalue weighted by atomic mass is 10.0. The van der Waals surface area contributed by atoms with Crippen molar-refractivity contribution in [2.24, 2.45) is 16.0 Å². The van der Waals surface area contributed by atoms with E-state index in [1.165, 1.54) is 55.1 Å². The maximum absolute atomic E-state index is 14.2. The largest absolute Gasteiger partial charge is 0.455 e. The molecule has 1 aliphatic rings. The van der Waals surface area contributed by atoms with Crippen molar-refractivity contribution in [2.45, 2.75) is 64.3 Å². The molecule has 412 valence electrons. The third-order valence-corrected chi connectivity index (χ3v) is 17.1. The molecule has 1 aromatic carbocycles. The Balaban J connectivity index is 1.13. The number of amides is 6. The van der Waals surface area contributed by atoms with E-state index in [1.807, 2.05) is 0 Å². The highest BCUT2D eigenvalue weighted by Crippen LogP contribution is 2.40. The zero-order chi connectivity index (χ0) is 56.5. The molecule has 8 aromatic rings. The van der Waals surface area contributed by atoms with Gasteiger partial charge in [0.2, 0.25) is 11.8 Å². The average Bonchev–Trinajstić information content (AvgIpc) is 4.39. The first-order chi connectivity index (χ1) is 38.7. The molecule has 0 spiro atoms. The van der Waals surface area contributed by atoms with Crippen LogP contribution >= 0.6 is 68.0 Å². The molecule has 7 aromatic heterocycles. The van der Waals surface area contributed by atoms with Crippen LogP contribution in [0.2, 0.25) is 0 Å². The number of rotatable bonds is 13. The summed E-state index contributed by atoms with van der Waals surface area (Å²) in [7, 11) is 2.75. The van der Waals surface area contributed by atoms with Crippen LogP contribution in [0.15, 0.2) is 74.2 Å². The second-order valence-electron chi connectivity index (χ2n) is 17.3. The minimum Gasteiger partial charge on any atom is -0.455 e. The van der Waals surface area contributed by atoms with Gasteiger partial charge in [-0.3, -0.25) is 38.9 Å². The van der Waals surface area contributed by atoms with Gasteiger partial charge in [0.05, 0.1) is 36.2 Å². The third-order valence-electron chi connectivity index (χ3n) is 11.5. The number of fused-ring (bicyclic) bond motifs is 14. The molecule has 3 atom stereocenters. The zero-order valence-corrected chi connectivity index (χ0v) is 47.7. The van der Waals surface area contributed by atoms with Crippen LogP contribution in [-0.4, -0.2) is 104 Å². The number of carbonyl (C=O) groups is 7. The summed E-state index contributed by atoms with van der Waals surface area (Å²) < 4.78 is 11.2. The van der Waals surface area contributed by atoms with Crippen molar-refractivity contribution >= 4 is 120 Å². The van der Waals surface area contributed by atoms with Crippen LogP contribution in [0.1, 0.15) is 108 Å². The van der Waals surface area contributed by atoms with Crippen LogP contribution in [-0.2, 0) is 35.3 Å². The van der Waals surface area contributed by atoms with Crippen molar-refractivity contribution in [3.8, 4) is 43.4 Å². The number of hydrogen-bond acceptors (Lipinski definition) is 24. The maximum Gasteiger partial charge on any atom is 0.303 e. The van der Waals surface area contributed by atoms with Crippen LogP contribution in [0.25, 0.3) is 43.4 Å². The van der Waals surface area contributed by atoms with Gasteiger partial charge in [-0.2, -0.15) is 5.11 Å². The maximum atomic E-state index is 14.2. The number of nitrogens with two attached hydrogens (primary N) is 1. The van der Waals surface area contributed by atoms with E-state index in [0.717, 1.165) is 34.0 Å². The number of aryl methyl sites for hydroxylation is 1. The van der Waals surface area contributed by atoms with Gasteiger partial charge in [-0.1, -0.05) is 41.7 Å². The van der Waals surface area contributed by atoms with Gasteiger partial charge in [0.15, 0.2) is 11.2 Å². The highest BCUT2D eigenvalue weighted by molar-refractivity contribution is 7.16. The van der Waals surface area contributed by atoms with Gasteiger partial charge in [0, 0.05) is 59.5 Å². The number of benzene rings is 1. The molecule has 80 heavy (non-hydrogen) atoms. The summed E-state index contributed by atoms with van der Waals surface area (Å²) in [5, 5.41) is 29.9. The molecule has 10 bridgehead atoms. The van der Waals surface area contributed by atoms with Gasteiger partial charge in [-0.05, 0) is 44.0 Å². The normalized spacial score (nSPS) is 15.4. The standard InChI is InChI=1S/C50H47N15O9S6/c1-23-37-44(72)64-50-63-39(32(80-50)18-73-4)43(71)53-17-36(69)61-40(41(74-24(2)66)25-10-6-5-7-11-25)49-58-31(21-77-49)47-56-29(19-76-47)38-26(13-14-27(54-38)46-60-33(22-78-46)59-34(67)12-8-9-15-51)45-57-30(20-75-45)42(70)55-28(48(62-37)79-23)16-35(68)65-52-3/h5-7,10-11,13-14,19-22,28,40-41H,8-9,12,15-18,51H2,1-4H3,(H,53,71)(H,55,70)(H,59,67)(H,61,69)(H,63,64,72)/t28-,40-,41-/m0/s1. The van der Waals surface area contributed by atoms with Gasteiger partial charge < -0.3 is 36.5 Å². The number of nitrogens with one attached hydrogen (secondary N) is 5. The number of aromatic nitrogens is 7. The Labute approximate surface area is 479 Å². The van der Waals surface area contributed by atoms with E-state index in [9.17, 15) is 33.6 Å². The van der Waals surface area contributed by atoms with E-state index in [0.29, 0.717) is 88.9 Å². The molecule has 0 radical (unpaired) electrons. The molecule has 0 fully saturated rings. The van der Waals surface area contributed by atoms with Crippen molar-refractivity contribution in [1.82, 2.24) is 50.8 Å². The summed E-state index contributed by atoms with van der Waals surface area (Å²) in [6.45, 7) is 2.75. The van der Waals surface area contributed by atoms with Crippen molar-refractivity contribution in [3.05, 3.63) is 106 Å². The predicted molar refractivity (Wildman–Crippen MR) is 303 cm³/mol. The number of nitrogens with zero attached hydrogens (tertiary/aromatic N) is 9. The molecule has 1 aliphatic heterocycles. The molecule has 0 saturated heterocycles. The van der Waals surface area contributed by atoms with Gasteiger partial charge in [0.1, 0.15) is 71.1 Å². The summed E-state index contributed by atoms with van der Waals surface area (Å²) in [6.07, 6.45) is 0.190. The molecule has 30 heteroatoms. The Bertz CT molecular complexity index is 3640. The first-order valence-corrected chi connectivity index (χ1v) is 29.4. The molecule has 24 nitrogen and oxygen atoms in total. The van der Waals surface area contributed by atoms with E-state index < -0.39 is 60.2 Å². The number of methoxy groups -OCH3 is 1. The third kappa shape index (κ3) is 13.6. The summed E-state index contributed by atoms with van der Waals surface area (Å²) >= 11 is 6.91. The number of anilines is 2. The summed E-state index contributed by atoms with van der Waals surface area (Å²) in [5.74, 6) is -3.92. The van der Waals surface area contributed by atoms with E-state index in [4.69, 9.17) is 35.1 Å². The summed E-state index contributed by atoms with van der Waals surface area (Å²) in [5.41, 5.74) is 8.14. The Morgan fingerprint density at radius 1 is 0.762 bits per heavy atom. The number of carbonyl (C=O) groups excluding carboxylic acids is 7.